The van der Waals surface area contributed by atoms with E-state index in [2.05, 4.69) is 4.98 Å². The fourth-order valence-corrected chi connectivity index (χ4v) is 5.97. The van der Waals surface area contributed by atoms with Crippen LogP contribution in [-0.4, -0.2) is 36.3 Å². The van der Waals surface area contributed by atoms with Gasteiger partial charge >= 0.3 is 5.97 Å². The minimum Gasteiger partial charge on any atom is -0.481 e. The largest absolute Gasteiger partial charge is 0.481 e. The third-order valence-electron chi connectivity index (χ3n) is 6.52. The molecule has 0 saturated carbocycles. The Morgan fingerprint density at radius 2 is 1.70 bits per heavy atom. The first-order chi connectivity index (χ1) is 20.4. The molecule has 0 bridgehead atoms. The minimum absolute atomic E-state index is 0.0999. The number of hydrogen-bond donors (Lipinski definition) is 2. The van der Waals surface area contributed by atoms with Crippen molar-refractivity contribution < 1.29 is 15.0 Å². The summed E-state index contributed by atoms with van der Waals surface area (Å²) >= 11 is 7.62. The lowest BCUT2D eigenvalue weighted by Crippen LogP contribution is -2.18. The van der Waals surface area contributed by atoms with E-state index >= 15 is 0 Å². The molecule has 2 N–H and O–H groups in total. The van der Waals surface area contributed by atoms with Crippen LogP contribution in [0.3, 0.4) is 0 Å². The summed E-state index contributed by atoms with van der Waals surface area (Å²) in [6, 6.07) is 22.4. The van der Waals surface area contributed by atoms with E-state index in [0.29, 0.717) is 16.2 Å². The van der Waals surface area contributed by atoms with Crippen LogP contribution in [-0.2, 0) is 11.2 Å². The van der Waals surface area contributed by atoms with Crippen molar-refractivity contribution in [3.05, 3.63) is 112 Å². The van der Waals surface area contributed by atoms with Gasteiger partial charge < -0.3 is 10.2 Å². The van der Waals surface area contributed by atoms with E-state index in [4.69, 9.17) is 21.7 Å². The molecule has 0 unspecified atom stereocenters. The minimum atomic E-state index is -0.896. The zero-order chi connectivity index (χ0) is 30.9. The molecule has 0 atom stereocenters. The maximum atomic E-state index is 13.2. The van der Waals surface area contributed by atoms with Gasteiger partial charge in [0.25, 0.3) is 5.56 Å². The molecule has 3 heterocycles. The molecular weight excluding hydrogens is 582 g/mol. The fourth-order valence-electron chi connectivity index (χ4n) is 4.71. The molecular formula is C34H30ClN3O4S. The Morgan fingerprint density at radius 1 is 1.00 bits per heavy atom. The Kier molecular flexibility index (Phi) is 8.46. The van der Waals surface area contributed by atoms with Crippen LogP contribution in [0.15, 0.2) is 90.0 Å². The number of aliphatic hydroxyl groups is 1. The highest BCUT2D eigenvalue weighted by molar-refractivity contribution is 7.22. The highest BCUT2D eigenvalue weighted by atomic mass is 35.5. The van der Waals surface area contributed by atoms with Crippen LogP contribution in [0.4, 0.5) is 0 Å². The second-order valence-electron chi connectivity index (χ2n) is 11.1. The smallest absolute Gasteiger partial charge is 0.307 e. The van der Waals surface area contributed by atoms with Crippen molar-refractivity contribution in [2.75, 3.05) is 0 Å². The summed E-state index contributed by atoms with van der Waals surface area (Å²) in [7, 11) is 0. The van der Waals surface area contributed by atoms with Crippen LogP contribution in [0.25, 0.3) is 48.5 Å². The number of carbonyl (C=O) groups is 1. The Balaban J connectivity index is 0.000000682. The molecule has 3 aromatic carbocycles. The number of nitrogens with zero attached hydrogens (tertiary/aromatic N) is 3. The normalized spacial score (nSPS) is 11.4. The van der Waals surface area contributed by atoms with Crippen LogP contribution in [0.5, 0.6) is 0 Å². The second kappa shape index (κ2) is 12.1. The van der Waals surface area contributed by atoms with Crippen LogP contribution < -0.4 is 5.56 Å². The summed E-state index contributed by atoms with van der Waals surface area (Å²) in [6.07, 6.45) is 3.30. The summed E-state index contributed by atoms with van der Waals surface area (Å²) in [5, 5.41) is 21.0. The average molecular weight is 612 g/mol. The molecule has 0 radical (unpaired) electrons. The van der Waals surface area contributed by atoms with E-state index in [1.54, 1.807) is 51.4 Å². The van der Waals surface area contributed by atoms with Gasteiger partial charge in [-0.2, -0.15) is 0 Å². The van der Waals surface area contributed by atoms with Gasteiger partial charge in [0, 0.05) is 33.9 Å². The fraction of sp³-hybridized carbons (Fsp3) is 0.176. The second-order valence-corrected chi connectivity index (χ2v) is 12.6. The molecule has 0 spiro atoms. The zero-order valence-electron chi connectivity index (χ0n) is 24.1. The molecule has 3 aromatic heterocycles. The number of thiazole rings is 1. The number of aryl methyl sites for hydroxylation is 1. The molecule has 9 heteroatoms. The molecule has 0 aliphatic heterocycles. The number of carboxylic acids is 1. The van der Waals surface area contributed by atoms with Gasteiger partial charge in [0.1, 0.15) is 10.8 Å². The predicted molar refractivity (Wildman–Crippen MR) is 174 cm³/mol. The number of benzene rings is 3. The third kappa shape index (κ3) is 6.83. The highest BCUT2D eigenvalue weighted by Gasteiger charge is 2.20. The third-order valence-corrected chi connectivity index (χ3v) is 7.91. The molecule has 0 aliphatic rings. The Morgan fingerprint density at radius 3 is 2.40 bits per heavy atom. The lowest BCUT2D eigenvalue weighted by Gasteiger charge is -2.13. The molecule has 6 rings (SSSR count). The van der Waals surface area contributed by atoms with Crippen molar-refractivity contribution in [2.45, 2.75) is 39.7 Å². The molecule has 0 fully saturated rings. The van der Waals surface area contributed by atoms with E-state index < -0.39 is 11.6 Å². The van der Waals surface area contributed by atoms with E-state index in [9.17, 15) is 14.7 Å². The number of fused-ring (bicyclic) bond motifs is 2. The number of carboxylic acid groups (broad SMARTS) is 1. The Hall–Kier alpha value is -4.37. The van der Waals surface area contributed by atoms with Crippen molar-refractivity contribution in [3.63, 3.8) is 0 Å². The summed E-state index contributed by atoms with van der Waals surface area (Å²) in [5.41, 5.74) is 4.30. The first kappa shape index (κ1) is 30.1. The SMILES string of the molecule is CC(C)(C)O.Cc1cc2nc(-c3ccnc(-n4ccc5ccccc5c4=O)c3)sc2c(-c2ccc(Cl)cc2)c1CC(=O)O. The monoisotopic (exact) mass is 611 g/mol. The number of rotatable bonds is 5. The lowest BCUT2D eigenvalue weighted by atomic mass is 9.93. The topological polar surface area (TPSA) is 105 Å². The predicted octanol–water partition coefficient (Wildman–Crippen LogP) is 7.70. The molecule has 43 heavy (non-hydrogen) atoms. The van der Waals surface area contributed by atoms with Crippen molar-refractivity contribution in [2.24, 2.45) is 0 Å². The maximum absolute atomic E-state index is 13.2. The van der Waals surface area contributed by atoms with E-state index in [1.807, 2.05) is 61.5 Å². The van der Waals surface area contributed by atoms with Crippen molar-refractivity contribution >= 4 is 49.9 Å². The first-order valence-corrected chi connectivity index (χ1v) is 14.8. The lowest BCUT2D eigenvalue weighted by molar-refractivity contribution is -0.136. The molecule has 0 aliphatic carbocycles. The number of aromatic nitrogens is 3. The van der Waals surface area contributed by atoms with Crippen molar-refractivity contribution in [3.8, 4) is 27.5 Å². The Bertz CT molecular complexity index is 2020. The van der Waals surface area contributed by atoms with E-state index in [1.165, 1.54) is 15.9 Å². The maximum Gasteiger partial charge on any atom is 0.307 e. The summed E-state index contributed by atoms with van der Waals surface area (Å²) in [4.78, 5) is 34.3. The highest BCUT2D eigenvalue weighted by Crippen LogP contribution is 2.41. The number of halogens is 1. The molecule has 6 aromatic rings. The average Bonchev–Trinajstić information content (AvgIpc) is 3.37. The van der Waals surface area contributed by atoms with Gasteiger partial charge in [-0.15, -0.1) is 11.3 Å². The van der Waals surface area contributed by atoms with Crippen molar-refractivity contribution in [1.29, 1.82) is 0 Å². The quantitative estimate of drug-likeness (QED) is 0.207. The van der Waals surface area contributed by atoms with Gasteiger partial charge in [0.05, 0.1) is 22.2 Å². The zero-order valence-corrected chi connectivity index (χ0v) is 25.7. The molecule has 7 nitrogen and oxygen atoms in total. The van der Waals surface area contributed by atoms with Gasteiger partial charge in [0.15, 0.2) is 0 Å². The van der Waals surface area contributed by atoms with Gasteiger partial charge in [-0.1, -0.05) is 41.9 Å². The summed E-state index contributed by atoms with van der Waals surface area (Å²) < 4.78 is 2.43. The van der Waals surface area contributed by atoms with Gasteiger partial charge in [-0.25, -0.2) is 9.97 Å². The van der Waals surface area contributed by atoms with Gasteiger partial charge in [0.2, 0.25) is 0 Å². The standard InChI is InChI=1S/C30H20ClN3O3S.C4H10O/c1-17-14-24-28(27(23(17)16-26(35)36)19-6-8-21(31)9-7-19)38-29(33-24)20-10-12-32-25(15-20)34-13-11-18-4-2-3-5-22(18)30(34)37;1-4(2,3)5/h2-15H,16H2,1H3,(H,35,36);5H,1-3H3. The van der Waals surface area contributed by atoms with Crippen molar-refractivity contribution in [1.82, 2.24) is 14.5 Å². The van der Waals surface area contributed by atoms with Gasteiger partial charge in [-0.3, -0.25) is 14.2 Å². The summed E-state index contributed by atoms with van der Waals surface area (Å²) in [5.74, 6) is -0.398. The van der Waals surface area contributed by atoms with Crippen LogP contribution in [0, 0.1) is 6.92 Å². The molecule has 0 saturated heterocycles. The first-order valence-electron chi connectivity index (χ1n) is 13.6. The van der Waals surface area contributed by atoms with Crippen LogP contribution in [0.2, 0.25) is 5.02 Å². The number of aliphatic carboxylic acids is 1. The van der Waals surface area contributed by atoms with Gasteiger partial charge in [-0.05, 0) is 92.2 Å². The van der Waals surface area contributed by atoms with Crippen LogP contribution in [0.1, 0.15) is 31.9 Å². The molecule has 218 valence electrons. The van der Waals surface area contributed by atoms with E-state index in [-0.39, 0.29) is 12.0 Å². The van der Waals surface area contributed by atoms with Crippen LogP contribution >= 0.6 is 22.9 Å². The number of pyridine rings is 2. The summed E-state index contributed by atoms with van der Waals surface area (Å²) in [6.45, 7) is 7.14. The van der Waals surface area contributed by atoms with E-state index in [0.717, 1.165) is 48.4 Å². The Labute approximate surface area is 257 Å². The number of hydrogen-bond acceptors (Lipinski definition) is 6. The molecule has 0 amide bonds.